The minimum atomic E-state index is -0.0831. The van der Waals surface area contributed by atoms with Crippen LogP contribution in [0.2, 0.25) is 0 Å². The summed E-state index contributed by atoms with van der Waals surface area (Å²) in [6.45, 7) is 4.88. The van der Waals surface area contributed by atoms with Crippen LogP contribution < -0.4 is 9.80 Å². The van der Waals surface area contributed by atoms with Crippen molar-refractivity contribution in [2.45, 2.75) is 26.3 Å². The summed E-state index contributed by atoms with van der Waals surface area (Å²) in [7, 11) is 0. The maximum atomic E-state index is 13.2. The highest BCUT2D eigenvalue weighted by Crippen LogP contribution is 2.33. The predicted molar refractivity (Wildman–Crippen MR) is 108 cm³/mol. The number of fused-ring (bicyclic) bond motifs is 1. The van der Waals surface area contributed by atoms with E-state index in [0.29, 0.717) is 5.69 Å². The lowest BCUT2D eigenvalue weighted by atomic mass is 10.1. The van der Waals surface area contributed by atoms with E-state index >= 15 is 0 Å². The molecule has 3 aromatic rings. The van der Waals surface area contributed by atoms with Crippen LogP contribution in [0.1, 0.15) is 29.9 Å². The van der Waals surface area contributed by atoms with Gasteiger partial charge in [-0.05, 0) is 44.0 Å². The number of nitrogens with zero attached hydrogens (tertiary/aromatic N) is 4. The molecule has 1 unspecified atom stereocenters. The Bertz CT molecular complexity index is 957. The van der Waals surface area contributed by atoms with Crippen LogP contribution in [0, 0.1) is 0 Å². The molecule has 136 valence electrons. The lowest BCUT2D eigenvalue weighted by Gasteiger charge is -2.24. The standard InChI is InChI=1S/C22H22N4O/c1-3-25(18-10-5-4-6-11-18)21-14-19(23-15-24-21)22(27)26-16(2)13-17-9-7-8-12-20(17)26/h4-12,14-16H,3,13H2,1-2H3. The van der Waals surface area contributed by atoms with Crippen molar-refractivity contribution >= 4 is 23.1 Å². The van der Waals surface area contributed by atoms with Gasteiger partial charge in [0.15, 0.2) is 0 Å². The molecule has 0 fully saturated rings. The van der Waals surface area contributed by atoms with Gasteiger partial charge in [0.1, 0.15) is 17.8 Å². The van der Waals surface area contributed by atoms with Crippen LogP contribution in [0.4, 0.5) is 17.2 Å². The Labute approximate surface area is 159 Å². The average molecular weight is 358 g/mol. The van der Waals surface area contributed by atoms with Gasteiger partial charge in [-0.1, -0.05) is 36.4 Å². The molecule has 1 amide bonds. The molecule has 2 aromatic carbocycles. The third-order valence-electron chi connectivity index (χ3n) is 4.96. The van der Waals surface area contributed by atoms with Crippen molar-refractivity contribution in [3.8, 4) is 0 Å². The molecule has 0 radical (unpaired) electrons. The van der Waals surface area contributed by atoms with Gasteiger partial charge in [0.05, 0.1) is 0 Å². The van der Waals surface area contributed by atoms with Gasteiger partial charge in [-0.25, -0.2) is 9.97 Å². The van der Waals surface area contributed by atoms with E-state index in [1.807, 2.05) is 53.4 Å². The Morgan fingerprint density at radius 2 is 1.85 bits per heavy atom. The number of hydrogen-bond acceptors (Lipinski definition) is 4. The molecule has 1 aliphatic heterocycles. The maximum absolute atomic E-state index is 13.2. The van der Waals surface area contributed by atoms with Crippen LogP contribution in [-0.2, 0) is 6.42 Å². The molecule has 5 nitrogen and oxygen atoms in total. The number of anilines is 3. The number of carbonyl (C=O) groups excluding carboxylic acids is 1. The fraction of sp³-hybridized carbons (Fsp3) is 0.227. The van der Waals surface area contributed by atoms with E-state index < -0.39 is 0 Å². The highest BCUT2D eigenvalue weighted by atomic mass is 16.2. The molecule has 0 bridgehead atoms. The van der Waals surface area contributed by atoms with E-state index in [1.165, 1.54) is 11.9 Å². The van der Waals surface area contributed by atoms with Gasteiger partial charge in [0, 0.05) is 30.0 Å². The molecule has 27 heavy (non-hydrogen) atoms. The van der Waals surface area contributed by atoms with E-state index in [-0.39, 0.29) is 11.9 Å². The third kappa shape index (κ3) is 3.16. The lowest BCUT2D eigenvalue weighted by Crippen LogP contribution is -2.36. The number of para-hydroxylation sites is 2. The predicted octanol–water partition coefficient (Wildman–Crippen LogP) is 4.23. The van der Waals surface area contributed by atoms with Gasteiger partial charge < -0.3 is 9.80 Å². The Hall–Kier alpha value is -3.21. The minimum absolute atomic E-state index is 0.0831. The number of benzene rings is 2. The first kappa shape index (κ1) is 17.2. The first-order chi connectivity index (χ1) is 13.2. The van der Waals surface area contributed by atoms with Gasteiger partial charge in [-0.2, -0.15) is 0 Å². The zero-order chi connectivity index (χ0) is 18.8. The lowest BCUT2D eigenvalue weighted by molar-refractivity contribution is 0.0976. The van der Waals surface area contributed by atoms with Crippen LogP contribution in [-0.4, -0.2) is 28.5 Å². The van der Waals surface area contributed by atoms with Crippen LogP contribution in [0.15, 0.2) is 67.0 Å². The second-order valence-corrected chi connectivity index (χ2v) is 6.70. The van der Waals surface area contributed by atoms with Crippen molar-refractivity contribution in [1.29, 1.82) is 0 Å². The maximum Gasteiger partial charge on any atom is 0.277 e. The topological polar surface area (TPSA) is 49.3 Å². The highest BCUT2D eigenvalue weighted by molar-refractivity contribution is 6.06. The first-order valence-corrected chi connectivity index (χ1v) is 9.25. The summed E-state index contributed by atoms with van der Waals surface area (Å²) >= 11 is 0. The van der Waals surface area contributed by atoms with Crippen molar-refractivity contribution in [2.75, 3.05) is 16.3 Å². The monoisotopic (exact) mass is 358 g/mol. The largest absolute Gasteiger partial charge is 0.327 e. The Kier molecular flexibility index (Phi) is 4.59. The molecule has 0 spiro atoms. The second-order valence-electron chi connectivity index (χ2n) is 6.70. The average Bonchev–Trinajstić information content (AvgIpc) is 3.05. The first-order valence-electron chi connectivity index (χ1n) is 9.25. The summed E-state index contributed by atoms with van der Waals surface area (Å²) < 4.78 is 0. The van der Waals surface area contributed by atoms with Gasteiger partial charge in [-0.3, -0.25) is 4.79 Å². The number of rotatable bonds is 4. The minimum Gasteiger partial charge on any atom is -0.327 e. The zero-order valence-electron chi connectivity index (χ0n) is 15.5. The normalized spacial score (nSPS) is 15.5. The summed E-state index contributed by atoms with van der Waals surface area (Å²) in [6.07, 6.45) is 2.34. The summed E-state index contributed by atoms with van der Waals surface area (Å²) in [4.78, 5) is 25.8. The molecular formula is C22H22N4O. The number of aromatic nitrogens is 2. The van der Waals surface area contributed by atoms with E-state index in [0.717, 1.165) is 30.2 Å². The third-order valence-corrected chi connectivity index (χ3v) is 4.96. The molecule has 0 saturated heterocycles. The SMILES string of the molecule is CCN(c1ccccc1)c1cc(C(=O)N2c3ccccc3CC2C)ncn1. The quantitative estimate of drug-likeness (QED) is 0.700. The van der Waals surface area contributed by atoms with E-state index in [4.69, 9.17) is 0 Å². The molecule has 1 aliphatic rings. The van der Waals surface area contributed by atoms with E-state index in [1.54, 1.807) is 6.07 Å². The van der Waals surface area contributed by atoms with Gasteiger partial charge in [0.2, 0.25) is 0 Å². The summed E-state index contributed by atoms with van der Waals surface area (Å²) in [5.74, 6) is 0.641. The van der Waals surface area contributed by atoms with Crippen molar-refractivity contribution in [2.24, 2.45) is 0 Å². The Balaban J connectivity index is 1.68. The van der Waals surface area contributed by atoms with Crippen molar-refractivity contribution in [3.05, 3.63) is 78.2 Å². The molecule has 2 heterocycles. The molecule has 4 rings (SSSR count). The number of amides is 1. The van der Waals surface area contributed by atoms with Crippen molar-refractivity contribution < 1.29 is 4.79 Å². The smallest absolute Gasteiger partial charge is 0.277 e. The Morgan fingerprint density at radius 1 is 1.11 bits per heavy atom. The Morgan fingerprint density at radius 3 is 2.63 bits per heavy atom. The highest BCUT2D eigenvalue weighted by Gasteiger charge is 2.32. The van der Waals surface area contributed by atoms with Gasteiger partial charge in [-0.15, -0.1) is 0 Å². The summed E-state index contributed by atoms with van der Waals surface area (Å²) in [5, 5.41) is 0. The summed E-state index contributed by atoms with van der Waals surface area (Å²) in [5.41, 5.74) is 3.63. The fourth-order valence-corrected chi connectivity index (χ4v) is 3.69. The molecule has 0 aliphatic carbocycles. The summed E-state index contributed by atoms with van der Waals surface area (Å²) in [6, 6.07) is 20.0. The molecule has 1 aromatic heterocycles. The molecule has 5 heteroatoms. The second kappa shape index (κ2) is 7.19. The fourth-order valence-electron chi connectivity index (χ4n) is 3.69. The number of hydrogen-bond donors (Lipinski definition) is 0. The molecule has 1 atom stereocenters. The van der Waals surface area contributed by atoms with Crippen LogP contribution in [0.3, 0.4) is 0 Å². The van der Waals surface area contributed by atoms with Crippen LogP contribution in [0.25, 0.3) is 0 Å². The van der Waals surface area contributed by atoms with E-state index in [9.17, 15) is 4.79 Å². The van der Waals surface area contributed by atoms with Gasteiger partial charge in [0.25, 0.3) is 5.91 Å². The van der Waals surface area contributed by atoms with E-state index in [2.05, 4.69) is 34.8 Å². The number of carbonyl (C=O) groups is 1. The van der Waals surface area contributed by atoms with Crippen molar-refractivity contribution in [1.82, 2.24) is 9.97 Å². The van der Waals surface area contributed by atoms with Gasteiger partial charge >= 0.3 is 0 Å². The van der Waals surface area contributed by atoms with Crippen molar-refractivity contribution in [3.63, 3.8) is 0 Å². The molecular weight excluding hydrogens is 336 g/mol. The molecule has 0 N–H and O–H groups in total. The van der Waals surface area contributed by atoms with Crippen LogP contribution in [0.5, 0.6) is 0 Å². The van der Waals surface area contributed by atoms with Crippen LogP contribution >= 0.6 is 0 Å². The molecule has 0 saturated carbocycles. The zero-order valence-corrected chi connectivity index (χ0v) is 15.5.